The zero-order valence-electron chi connectivity index (χ0n) is 36.5. The zero-order valence-corrected chi connectivity index (χ0v) is 37.3. The fraction of sp³-hybridized carbons (Fsp3) is 0.207. The van der Waals surface area contributed by atoms with Crippen LogP contribution in [0.1, 0.15) is 79.0 Å². The number of fused-ring (bicyclic) bond motifs is 4. The van der Waals surface area contributed by atoms with Gasteiger partial charge in [0.05, 0.1) is 21.8 Å². The first-order valence-electron chi connectivity index (χ1n) is 21.3. The third-order valence-electron chi connectivity index (χ3n) is 12.1. The summed E-state index contributed by atoms with van der Waals surface area (Å²) in [6.45, 7) is 20.8. The summed E-state index contributed by atoms with van der Waals surface area (Å²) < 4.78 is 2.57. The van der Waals surface area contributed by atoms with Gasteiger partial charge in [-0.1, -0.05) is 208 Å². The van der Waals surface area contributed by atoms with Crippen molar-refractivity contribution in [1.29, 1.82) is 0 Å². The largest absolute Gasteiger partial charge is 0.308 e. The standard InChI is InChI=1S/C58H55NS/c1-56(2,3)41-33-31-38(32-34-41)44-21-10-13-27-50(44)59(52-29-18-26-49-47-23-12-15-30-53(47)60-55(49)52)51-28-14-11-22-46(51)48-25-17-20-39-19-16-24-45(54(39)48)40-35-42(57(4,5)6)37-43(36-40)58(7,8)9/h10-37H,1-9H3. The Labute approximate surface area is 361 Å². The first-order valence-corrected chi connectivity index (χ1v) is 22.2. The Morgan fingerprint density at radius 2 is 0.867 bits per heavy atom. The van der Waals surface area contributed by atoms with E-state index in [9.17, 15) is 0 Å². The minimum Gasteiger partial charge on any atom is -0.308 e. The maximum atomic E-state index is 2.54. The van der Waals surface area contributed by atoms with Crippen molar-refractivity contribution in [3.05, 3.63) is 187 Å². The van der Waals surface area contributed by atoms with Crippen molar-refractivity contribution in [3.8, 4) is 33.4 Å². The van der Waals surface area contributed by atoms with Crippen molar-refractivity contribution in [1.82, 2.24) is 0 Å². The van der Waals surface area contributed by atoms with Gasteiger partial charge in [0.15, 0.2) is 0 Å². The number of hydrogen-bond donors (Lipinski definition) is 0. The van der Waals surface area contributed by atoms with Gasteiger partial charge >= 0.3 is 0 Å². The Bertz CT molecular complexity index is 2990. The van der Waals surface area contributed by atoms with Gasteiger partial charge in [-0.2, -0.15) is 0 Å². The summed E-state index contributed by atoms with van der Waals surface area (Å²) in [5, 5.41) is 5.08. The molecule has 1 nitrogen and oxygen atoms in total. The van der Waals surface area contributed by atoms with Crippen LogP contribution in [-0.4, -0.2) is 0 Å². The number of hydrogen-bond acceptors (Lipinski definition) is 2. The lowest BCUT2D eigenvalue weighted by atomic mass is 9.78. The van der Waals surface area contributed by atoms with Crippen LogP contribution >= 0.6 is 11.3 Å². The van der Waals surface area contributed by atoms with Gasteiger partial charge in [0.1, 0.15) is 0 Å². The van der Waals surface area contributed by atoms with E-state index in [1.54, 1.807) is 0 Å². The first-order chi connectivity index (χ1) is 28.7. The van der Waals surface area contributed by atoms with Crippen LogP contribution in [0, 0.1) is 0 Å². The molecule has 0 aliphatic heterocycles. The van der Waals surface area contributed by atoms with E-state index in [0.29, 0.717) is 0 Å². The Morgan fingerprint density at radius 1 is 0.367 bits per heavy atom. The minimum absolute atomic E-state index is 0.00456. The second kappa shape index (κ2) is 14.9. The van der Waals surface area contributed by atoms with Gasteiger partial charge in [0.2, 0.25) is 0 Å². The van der Waals surface area contributed by atoms with Gasteiger partial charge in [-0.15, -0.1) is 11.3 Å². The third kappa shape index (κ3) is 7.22. The molecule has 0 aliphatic carbocycles. The van der Waals surface area contributed by atoms with Gasteiger partial charge in [-0.3, -0.25) is 0 Å². The third-order valence-corrected chi connectivity index (χ3v) is 13.4. The summed E-state index contributed by atoms with van der Waals surface area (Å²) >= 11 is 1.88. The number of anilines is 3. The van der Waals surface area contributed by atoms with E-state index >= 15 is 0 Å². The second-order valence-electron chi connectivity index (χ2n) is 19.5. The van der Waals surface area contributed by atoms with Gasteiger partial charge in [-0.25, -0.2) is 0 Å². The normalized spacial score (nSPS) is 12.4. The molecule has 0 bridgehead atoms. The van der Waals surface area contributed by atoms with E-state index < -0.39 is 0 Å². The first kappa shape index (κ1) is 39.5. The van der Waals surface area contributed by atoms with E-state index in [2.05, 4.69) is 237 Å². The fourth-order valence-electron chi connectivity index (χ4n) is 8.71. The topological polar surface area (TPSA) is 3.24 Å². The Balaban J connectivity index is 1.33. The molecule has 1 aromatic heterocycles. The summed E-state index contributed by atoms with van der Waals surface area (Å²) in [5.74, 6) is 0. The van der Waals surface area contributed by atoms with Gasteiger partial charge < -0.3 is 4.90 Å². The molecule has 0 spiro atoms. The molecule has 1 heterocycles. The molecule has 60 heavy (non-hydrogen) atoms. The van der Waals surface area contributed by atoms with Crippen LogP contribution in [0.4, 0.5) is 17.1 Å². The molecule has 0 radical (unpaired) electrons. The fourth-order valence-corrected chi connectivity index (χ4v) is 9.92. The molecule has 0 fully saturated rings. The highest BCUT2D eigenvalue weighted by Crippen LogP contribution is 2.51. The van der Waals surface area contributed by atoms with Crippen LogP contribution in [0.3, 0.4) is 0 Å². The molecule has 298 valence electrons. The van der Waals surface area contributed by atoms with Gasteiger partial charge in [0.25, 0.3) is 0 Å². The van der Waals surface area contributed by atoms with Crippen LogP contribution in [0.5, 0.6) is 0 Å². The molecule has 0 amide bonds. The van der Waals surface area contributed by atoms with Crippen molar-refractivity contribution in [2.75, 3.05) is 4.90 Å². The molecule has 9 aromatic rings. The summed E-state index contributed by atoms with van der Waals surface area (Å²) in [5.41, 5.74) is 14.9. The predicted molar refractivity (Wildman–Crippen MR) is 264 cm³/mol. The van der Waals surface area contributed by atoms with Crippen molar-refractivity contribution in [2.45, 2.75) is 78.6 Å². The van der Waals surface area contributed by atoms with Crippen molar-refractivity contribution < 1.29 is 0 Å². The maximum absolute atomic E-state index is 2.54. The van der Waals surface area contributed by atoms with Crippen LogP contribution in [-0.2, 0) is 16.2 Å². The average molecular weight is 798 g/mol. The quantitative estimate of drug-likeness (QED) is 0.162. The monoisotopic (exact) mass is 797 g/mol. The average Bonchev–Trinajstić information content (AvgIpc) is 3.62. The number of benzene rings is 8. The molecule has 8 aromatic carbocycles. The summed E-state index contributed by atoms with van der Waals surface area (Å²) in [6, 6.07) is 63.8. The lowest BCUT2D eigenvalue weighted by molar-refractivity contribution is 0.569. The molecule has 2 heteroatoms. The molecular formula is C58H55NS. The lowest BCUT2D eigenvalue weighted by Gasteiger charge is -2.31. The highest BCUT2D eigenvalue weighted by molar-refractivity contribution is 7.26. The van der Waals surface area contributed by atoms with E-state index in [-0.39, 0.29) is 16.2 Å². The molecule has 0 atom stereocenters. The minimum atomic E-state index is 0.00456. The molecule has 0 aliphatic rings. The lowest BCUT2D eigenvalue weighted by Crippen LogP contribution is -2.16. The van der Waals surface area contributed by atoms with E-state index in [1.165, 1.54) is 86.7 Å². The number of thiophene rings is 1. The molecule has 0 unspecified atom stereocenters. The number of rotatable bonds is 6. The van der Waals surface area contributed by atoms with Crippen LogP contribution in [0.15, 0.2) is 170 Å². The number of nitrogens with zero attached hydrogens (tertiary/aromatic N) is 1. The summed E-state index contributed by atoms with van der Waals surface area (Å²) in [4.78, 5) is 2.54. The Morgan fingerprint density at radius 3 is 1.52 bits per heavy atom. The van der Waals surface area contributed by atoms with E-state index in [1.807, 2.05) is 11.3 Å². The highest BCUT2D eigenvalue weighted by atomic mass is 32.1. The van der Waals surface area contributed by atoms with Crippen molar-refractivity contribution >= 4 is 59.3 Å². The van der Waals surface area contributed by atoms with E-state index in [4.69, 9.17) is 0 Å². The van der Waals surface area contributed by atoms with Crippen molar-refractivity contribution in [3.63, 3.8) is 0 Å². The Kier molecular flexibility index (Phi) is 9.84. The van der Waals surface area contributed by atoms with Gasteiger partial charge in [0, 0.05) is 26.6 Å². The summed E-state index contributed by atoms with van der Waals surface area (Å²) in [7, 11) is 0. The molecule has 0 saturated heterocycles. The highest BCUT2D eigenvalue weighted by Gasteiger charge is 2.26. The molecule has 0 N–H and O–H groups in total. The summed E-state index contributed by atoms with van der Waals surface area (Å²) in [6.07, 6.45) is 0. The van der Waals surface area contributed by atoms with Crippen LogP contribution in [0.2, 0.25) is 0 Å². The molecule has 9 rings (SSSR count). The molecule has 0 saturated carbocycles. The number of para-hydroxylation sites is 2. The van der Waals surface area contributed by atoms with Gasteiger partial charge in [-0.05, 0) is 90.2 Å². The maximum Gasteiger partial charge on any atom is 0.0640 e. The Hall–Kier alpha value is -5.96. The smallest absolute Gasteiger partial charge is 0.0640 e. The van der Waals surface area contributed by atoms with E-state index in [0.717, 1.165) is 11.4 Å². The zero-order chi connectivity index (χ0) is 42.0. The predicted octanol–water partition coefficient (Wildman–Crippen LogP) is 17.6. The van der Waals surface area contributed by atoms with Crippen molar-refractivity contribution in [2.24, 2.45) is 0 Å². The van der Waals surface area contributed by atoms with Crippen LogP contribution in [0.25, 0.3) is 64.3 Å². The second-order valence-corrected chi connectivity index (χ2v) is 20.5. The molecular weight excluding hydrogens is 743 g/mol. The SMILES string of the molecule is CC(C)(C)c1ccc(-c2ccccc2N(c2ccccc2-c2cccc3cccc(-c4cc(C(C)(C)C)cc(C(C)(C)C)c4)c23)c2cccc3c2sc2ccccc23)cc1. The van der Waals surface area contributed by atoms with Crippen LogP contribution < -0.4 is 4.90 Å².